The van der Waals surface area contributed by atoms with Crippen molar-refractivity contribution >= 4 is 11.7 Å². The highest BCUT2D eigenvalue weighted by Crippen LogP contribution is 2.24. The third-order valence-corrected chi connectivity index (χ3v) is 2.55. The van der Waals surface area contributed by atoms with E-state index in [4.69, 9.17) is 9.84 Å². The molecule has 0 aliphatic rings. The van der Waals surface area contributed by atoms with E-state index in [1.165, 1.54) is 6.07 Å². The van der Waals surface area contributed by atoms with Crippen LogP contribution in [0.5, 0.6) is 5.75 Å². The standard InChI is InChI=1S/C12H11N3O5/c1-14-5-4-8(13-14)7-20-9-2-3-11(15(18)19)10(6-9)12(16)17/h2-6H,7H2,1H3,(H,16,17). The highest BCUT2D eigenvalue weighted by atomic mass is 16.6. The van der Waals surface area contributed by atoms with Crippen LogP contribution in [-0.4, -0.2) is 25.8 Å². The number of rotatable bonds is 5. The zero-order chi connectivity index (χ0) is 14.7. The molecule has 8 nitrogen and oxygen atoms in total. The van der Waals surface area contributed by atoms with Crippen LogP contribution in [0.3, 0.4) is 0 Å². The van der Waals surface area contributed by atoms with Crippen molar-refractivity contribution in [2.75, 3.05) is 0 Å². The van der Waals surface area contributed by atoms with Crippen LogP contribution < -0.4 is 4.74 Å². The number of aromatic carboxylic acids is 1. The van der Waals surface area contributed by atoms with Crippen molar-refractivity contribution in [3.63, 3.8) is 0 Å². The Kier molecular flexibility index (Phi) is 3.65. The lowest BCUT2D eigenvalue weighted by Gasteiger charge is -2.05. The number of aromatic nitrogens is 2. The molecule has 2 aromatic rings. The summed E-state index contributed by atoms with van der Waals surface area (Å²) in [7, 11) is 1.76. The predicted molar refractivity (Wildman–Crippen MR) is 67.6 cm³/mol. The summed E-state index contributed by atoms with van der Waals surface area (Å²) < 4.78 is 6.98. The van der Waals surface area contributed by atoms with Crippen LogP contribution in [0.25, 0.3) is 0 Å². The average molecular weight is 277 g/mol. The molecule has 1 heterocycles. The largest absolute Gasteiger partial charge is 0.487 e. The Morgan fingerprint density at radius 3 is 2.80 bits per heavy atom. The van der Waals surface area contributed by atoms with Gasteiger partial charge >= 0.3 is 5.97 Å². The van der Waals surface area contributed by atoms with E-state index in [-0.39, 0.29) is 12.4 Å². The van der Waals surface area contributed by atoms with Gasteiger partial charge in [-0.15, -0.1) is 0 Å². The Hall–Kier alpha value is -2.90. The van der Waals surface area contributed by atoms with Gasteiger partial charge in [-0.1, -0.05) is 0 Å². The minimum atomic E-state index is -1.38. The molecular formula is C12H11N3O5. The number of hydrogen-bond acceptors (Lipinski definition) is 5. The number of carboxylic acids is 1. The van der Waals surface area contributed by atoms with Crippen molar-refractivity contribution in [2.45, 2.75) is 6.61 Å². The molecule has 1 aromatic carbocycles. The van der Waals surface area contributed by atoms with E-state index in [1.807, 2.05) is 0 Å². The molecule has 0 spiro atoms. The summed E-state index contributed by atoms with van der Waals surface area (Å²) in [5.74, 6) is -1.14. The van der Waals surface area contributed by atoms with Crippen LogP contribution in [-0.2, 0) is 13.7 Å². The van der Waals surface area contributed by atoms with Gasteiger partial charge in [0.2, 0.25) is 0 Å². The number of nitro benzene ring substituents is 1. The fraction of sp³-hybridized carbons (Fsp3) is 0.167. The van der Waals surface area contributed by atoms with Gasteiger partial charge in [0.15, 0.2) is 0 Å². The zero-order valence-electron chi connectivity index (χ0n) is 10.5. The molecule has 0 unspecified atom stereocenters. The van der Waals surface area contributed by atoms with Gasteiger partial charge in [0, 0.05) is 25.4 Å². The van der Waals surface area contributed by atoms with Crippen molar-refractivity contribution in [1.29, 1.82) is 0 Å². The molecule has 104 valence electrons. The van der Waals surface area contributed by atoms with Gasteiger partial charge in [-0.05, 0) is 12.1 Å². The van der Waals surface area contributed by atoms with E-state index in [0.29, 0.717) is 5.69 Å². The lowest BCUT2D eigenvalue weighted by atomic mass is 10.1. The summed E-state index contributed by atoms with van der Waals surface area (Å²) in [4.78, 5) is 20.9. The van der Waals surface area contributed by atoms with Gasteiger partial charge in [0.1, 0.15) is 17.9 Å². The van der Waals surface area contributed by atoms with Gasteiger partial charge in [-0.2, -0.15) is 5.10 Å². The Morgan fingerprint density at radius 1 is 1.50 bits per heavy atom. The van der Waals surface area contributed by atoms with Crippen LogP contribution in [0.15, 0.2) is 30.5 Å². The van der Waals surface area contributed by atoms with E-state index in [1.54, 1.807) is 24.0 Å². The first-order valence-corrected chi connectivity index (χ1v) is 5.60. The van der Waals surface area contributed by atoms with Gasteiger partial charge in [0.25, 0.3) is 5.69 Å². The van der Waals surface area contributed by atoms with Gasteiger partial charge in [-0.25, -0.2) is 4.79 Å². The van der Waals surface area contributed by atoms with Crippen LogP contribution in [0.4, 0.5) is 5.69 Å². The quantitative estimate of drug-likeness (QED) is 0.657. The van der Waals surface area contributed by atoms with E-state index < -0.39 is 22.1 Å². The van der Waals surface area contributed by atoms with Crippen molar-refractivity contribution < 1.29 is 19.6 Å². The van der Waals surface area contributed by atoms with Crippen molar-refractivity contribution in [3.05, 3.63) is 51.8 Å². The Bertz CT molecular complexity index is 665. The molecule has 0 atom stereocenters. The minimum Gasteiger partial charge on any atom is -0.487 e. The molecule has 0 bridgehead atoms. The maximum atomic E-state index is 11.0. The molecule has 0 saturated heterocycles. The summed E-state index contributed by atoms with van der Waals surface area (Å²) in [5.41, 5.74) is -0.209. The molecule has 8 heteroatoms. The summed E-state index contributed by atoms with van der Waals surface area (Å²) in [6.45, 7) is 0.151. The van der Waals surface area contributed by atoms with Gasteiger partial charge < -0.3 is 9.84 Å². The average Bonchev–Trinajstić information content (AvgIpc) is 2.81. The van der Waals surface area contributed by atoms with Gasteiger partial charge in [0.05, 0.1) is 10.6 Å². The third-order valence-electron chi connectivity index (χ3n) is 2.55. The first kappa shape index (κ1) is 13.5. The maximum Gasteiger partial charge on any atom is 0.342 e. The second-order valence-electron chi connectivity index (χ2n) is 4.01. The predicted octanol–water partition coefficient (Wildman–Crippen LogP) is 1.61. The smallest absolute Gasteiger partial charge is 0.342 e. The number of hydrogen-bond donors (Lipinski definition) is 1. The molecule has 1 aromatic heterocycles. The number of ether oxygens (including phenoxy) is 1. The summed E-state index contributed by atoms with van der Waals surface area (Å²) in [6, 6.07) is 5.34. The number of carboxylic acid groups (broad SMARTS) is 1. The molecule has 0 fully saturated rings. The summed E-state index contributed by atoms with van der Waals surface area (Å²) >= 11 is 0. The highest BCUT2D eigenvalue weighted by molar-refractivity contribution is 5.92. The number of aryl methyl sites for hydroxylation is 1. The van der Waals surface area contributed by atoms with Crippen LogP contribution in [0.2, 0.25) is 0 Å². The molecule has 0 amide bonds. The SMILES string of the molecule is Cn1ccc(COc2ccc([N+](=O)[O-])c(C(=O)O)c2)n1. The lowest BCUT2D eigenvalue weighted by Crippen LogP contribution is -2.04. The fourth-order valence-corrected chi connectivity index (χ4v) is 1.63. The fourth-order valence-electron chi connectivity index (χ4n) is 1.63. The maximum absolute atomic E-state index is 11.0. The number of benzene rings is 1. The van der Waals surface area contributed by atoms with E-state index in [9.17, 15) is 14.9 Å². The number of carbonyl (C=O) groups is 1. The van der Waals surface area contributed by atoms with Crippen molar-refractivity contribution in [3.8, 4) is 5.75 Å². The Morgan fingerprint density at radius 2 is 2.25 bits per heavy atom. The van der Waals surface area contributed by atoms with E-state index in [0.717, 1.165) is 12.1 Å². The first-order valence-electron chi connectivity index (χ1n) is 5.60. The van der Waals surface area contributed by atoms with E-state index in [2.05, 4.69) is 5.10 Å². The van der Waals surface area contributed by atoms with Crippen LogP contribution in [0.1, 0.15) is 16.1 Å². The second kappa shape index (κ2) is 5.39. The summed E-state index contributed by atoms with van der Waals surface area (Å²) in [6.07, 6.45) is 1.75. The van der Waals surface area contributed by atoms with E-state index >= 15 is 0 Å². The molecular weight excluding hydrogens is 266 g/mol. The first-order chi connectivity index (χ1) is 9.47. The Labute approximate surface area is 113 Å². The van der Waals surface area contributed by atoms with Gasteiger partial charge in [-0.3, -0.25) is 14.8 Å². The Balaban J connectivity index is 2.18. The second-order valence-corrected chi connectivity index (χ2v) is 4.01. The number of nitrogens with zero attached hydrogens (tertiary/aromatic N) is 3. The summed E-state index contributed by atoms with van der Waals surface area (Å²) in [5, 5.41) is 23.8. The van der Waals surface area contributed by atoms with Crippen molar-refractivity contribution in [1.82, 2.24) is 9.78 Å². The molecule has 1 N–H and O–H groups in total. The molecule has 0 saturated carbocycles. The topological polar surface area (TPSA) is 107 Å². The molecule has 0 aliphatic carbocycles. The molecule has 20 heavy (non-hydrogen) atoms. The van der Waals surface area contributed by atoms with Crippen LogP contribution >= 0.6 is 0 Å². The minimum absolute atomic E-state index is 0.151. The van der Waals surface area contributed by atoms with Crippen molar-refractivity contribution in [2.24, 2.45) is 7.05 Å². The monoisotopic (exact) mass is 277 g/mol. The van der Waals surface area contributed by atoms with Crippen LogP contribution in [0, 0.1) is 10.1 Å². The zero-order valence-corrected chi connectivity index (χ0v) is 10.5. The number of nitro groups is 1. The molecule has 2 rings (SSSR count). The molecule has 0 aliphatic heterocycles. The normalized spacial score (nSPS) is 10.2. The lowest BCUT2D eigenvalue weighted by molar-refractivity contribution is -0.385. The third kappa shape index (κ3) is 2.91. The highest BCUT2D eigenvalue weighted by Gasteiger charge is 2.20. The molecule has 0 radical (unpaired) electrons.